The van der Waals surface area contributed by atoms with Crippen LogP contribution < -0.4 is 15.2 Å². The molecule has 2 aromatic rings. The molecule has 7 heteroatoms. The molecule has 5 rings (SSSR count). The Balaban J connectivity index is 1.75. The summed E-state index contributed by atoms with van der Waals surface area (Å²) < 4.78 is 37.3. The highest BCUT2D eigenvalue weighted by molar-refractivity contribution is 5.78. The van der Waals surface area contributed by atoms with Crippen LogP contribution in [0.15, 0.2) is 41.4 Å². The zero-order valence-corrected chi connectivity index (χ0v) is 15.3. The number of ether oxygens (including phenoxy) is 4. The second-order valence-electron chi connectivity index (χ2n) is 6.95. The van der Waals surface area contributed by atoms with E-state index < -0.39 is 11.4 Å². The van der Waals surface area contributed by atoms with Gasteiger partial charge in [-0.15, -0.1) is 0 Å². The van der Waals surface area contributed by atoms with Gasteiger partial charge >= 0.3 is 0 Å². The molecule has 0 aromatic heterocycles. The highest BCUT2D eigenvalue weighted by Crippen LogP contribution is 2.53. The van der Waals surface area contributed by atoms with Crippen molar-refractivity contribution in [2.45, 2.75) is 12.0 Å². The van der Waals surface area contributed by atoms with Crippen molar-refractivity contribution in [3.8, 4) is 17.2 Å². The standard InChI is InChI=1S/C21H19FN2O4/c1-25-14-2-3-18-15(10-14)21(11-27-20(23)24-21)16-8-13(9-17(22)19(16)28-18)12-4-6-26-7-5-12/h2-4,8-10H,5-7,11H2,1H3,(H2,23,24)/t21-/m0/s1. The second kappa shape index (κ2) is 6.24. The first kappa shape index (κ1) is 17.1. The number of benzene rings is 2. The minimum Gasteiger partial charge on any atom is -0.497 e. The van der Waals surface area contributed by atoms with Crippen LogP contribution >= 0.6 is 0 Å². The minimum absolute atomic E-state index is 0.0673. The average Bonchev–Trinajstić information content (AvgIpc) is 3.11. The van der Waals surface area contributed by atoms with E-state index in [-0.39, 0.29) is 18.4 Å². The molecule has 2 N–H and O–H groups in total. The number of hydrogen-bond donors (Lipinski definition) is 1. The summed E-state index contributed by atoms with van der Waals surface area (Å²) in [6.45, 7) is 1.30. The van der Waals surface area contributed by atoms with Gasteiger partial charge in [-0.2, -0.15) is 0 Å². The maximum atomic E-state index is 15.1. The summed E-state index contributed by atoms with van der Waals surface area (Å²) in [7, 11) is 1.59. The van der Waals surface area contributed by atoms with Crippen molar-refractivity contribution in [3.05, 3.63) is 58.9 Å². The van der Waals surface area contributed by atoms with Crippen molar-refractivity contribution in [2.24, 2.45) is 10.7 Å². The lowest BCUT2D eigenvalue weighted by molar-refractivity contribution is 0.161. The molecule has 0 amide bonds. The maximum Gasteiger partial charge on any atom is 0.283 e. The van der Waals surface area contributed by atoms with Gasteiger partial charge in [-0.25, -0.2) is 9.38 Å². The normalized spacial score (nSPS) is 22.5. The molecule has 0 fully saturated rings. The zero-order valence-electron chi connectivity index (χ0n) is 15.3. The quantitative estimate of drug-likeness (QED) is 0.862. The van der Waals surface area contributed by atoms with Crippen molar-refractivity contribution in [2.75, 3.05) is 26.9 Å². The number of rotatable bonds is 2. The number of halogens is 1. The molecule has 0 bridgehead atoms. The summed E-state index contributed by atoms with van der Waals surface area (Å²) in [5, 5.41) is 0. The first-order chi connectivity index (χ1) is 13.6. The number of nitrogens with zero attached hydrogens (tertiary/aromatic N) is 1. The minimum atomic E-state index is -0.982. The molecular formula is C21H19FN2O4. The number of nitrogens with two attached hydrogens (primary N) is 1. The predicted octanol–water partition coefficient (Wildman–Crippen LogP) is 3.33. The van der Waals surface area contributed by atoms with Gasteiger partial charge in [0, 0.05) is 11.1 Å². The Morgan fingerprint density at radius 3 is 2.82 bits per heavy atom. The van der Waals surface area contributed by atoms with E-state index in [0.29, 0.717) is 30.3 Å². The Morgan fingerprint density at radius 1 is 1.21 bits per heavy atom. The van der Waals surface area contributed by atoms with Crippen molar-refractivity contribution < 1.29 is 23.3 Å². The summed E-state index contributed by atoms with van der Waals surface area (Å²) in [6.07, 6.45) is 2.69. The van der Waals surface area contributed by atoms with Crippen LogP contribution in [0.5, 0.6) is 17.2 Å². The largest absolute Gasteiger partial charge is 0.497 e. The van der Waals surface area contributed by atoms with Gasteiger partial charge < -0.3 is 24.7 Å². The Labute approximate surface area is 161 Å². The van der Waals surface area contributed by atoms with Crippen LogP contribution in [0.25, 0.3) is 5.57 Å². The van der Waals surface area contributed by atoms with Crippen LogP contribution in [0.1, 0.15) is 23.1 Å². The first-order valence-corrected chi connectivity index (χ1v) is 9.06. The Morgan fingerprint density at radius 2 is 2.11 bits per heavy atom. The van der Waals surface area contributed by atoms with Gasteiger partial charge in [0.15, 0.2) is 17.1 Å². The molecule has 6 nitrogen and oxygen atoms in total. The topological polar surface area (TPSA) is 75.3 Å². The number of amidine groups is 1. The lowest BCUT2D eigenvalue weighted by atomic mass is 9.80. The SMILES string of the molecule is COc1ccc2c(c1)[C@@]1(COC(N)=N1)c1cc(C3=CCOCC3)cc(F)c1O2. The molecule has 28 heavy (non-hydrogen) atoms. The zero-order chi connectivity index (χ0) is 19.3. The van der Waals surface area contributed by atoms with Gasteiger partial charge in [-0.1, -0.05) is 6.08 Å². The van der Waals surface area contributed by atoms with Crippen molar-refractivity contribution >= 4 is 11.6 Å². The monoisotopic (exact) mass is 382 g/mol. The average molecular weight is 382 g/mol. The highest BCUT2D eigenvalue weighted by Gasteiger charge is 2.48. The molecule has 0 saturated heterocycles. The number of hydrogen-bond acceptors (Lipinski definition) is 6. The van der Waals surface area contributed by atoms with Crippen LogP contribution in [0.4, 0.5) is 4.39 Å². The Kier molecular flexibility index (Phi) is 3.80. The van der Waals surface area contributed by atoms with E-state index in [2.05, 4.69) is 4.99 Å². The molecule has 3 aliphatic rings. The fourth-order valence-electron chi connectivity index (χ4n) is 3.99. The molecule has 0 saturated carbocycles. The molecule has 0 unspecified atom stereocenters. The van der Waals surface area contributed by atoms with Crippen molar-refractivity contribution in [1.29, 1.82) is 0 Å². The summed E-state index contributed by atoms with van der Waals surface area (Å²) in [4.78, 5) is 4.59. The van der Waals surface area contributed by atoms with Crippen LogP contribution in [0.2, 0.25) is 0 Å². The molecule has 3 heterocycles. The van der Waals surface area contributed by atoms with Gasteiger partial charge in [0.2, 0.25) is 0 Å². The maximum absolute atomic E-state index is 15.1. The number of methoxy groups -OCH3 is 1. The summed E-state index contributed by atoms with van der Waals surface area (Å²) in [5.41, 5.74) is 8.05. The molecule has 0 radical (unpaired) electrons. The smallest absolute Gasteiger partial charge is 0.283 e. The molecule has 1 spiro atoms. The van der Waals surface area contributed by atoms with Gasteiger partial charge in [0.05, 0.1) is 20.3 Å². The fourth-order valence-corrected chi connectivity index (χ4v) is 3.99. The van der Waals surface area contributed by atoms with Gasteiger partial charge in [-0.3, -0.25) is 0 Å². The van der Waals surface area contributed by atoms with E-state index in [1.807, 2.05) is 18.2 Å². The molecule has 3 aliphatic heterocycles. The van der Waals surface area contributed by atoms with E-state index >= 15 is 4.39 Å². The number of aliphatic imine (C=N–C) groups is 1. The first-order valence-electron chi connectivity index (χ1n) is 9.06. The molecular weight excluding hydrogens is 363 g/mol. The predicted molar refractivity (Wildman–Crippen MR) is 101 cm³/mol. The molecule has 2 aromatic carbocycles. The van der Waals surface area contributed by atoms with E-state index in [1.165, 1.54) is 6.07 Å². The Bertz CT molecular complexity index is 1030. The summed E-state index contributed by atoms with van der Waals surface area (Å²) in [6, 6.07) is 8.83. The Hall–Kier alpha value is -3.06. The van der Waals surface area contributed by atoms with E-state index in [0.717, 1.165) is 23.1 Å². The van der Waals surface area contributed by atoms with Gasteiger partial charge in [-0.05, 0) is 47.9 Å². The number of fused-ring (bicyclic) bond motifs is 4. The van der Waals surface area contributed by atoms with Gasteiger partial charge in [0.25, 0.3) is 6.02 Å². The van der Waals surface area contributed by atoms with Crippen LogP contribution in [0, 0.1) is 5.82 Å². The van der Waals surface area contributed by atoms with Crippen LogP contribution in [-0.4, -0.2) is 33.0 Å². The van der Waals surface area contributed by atoms with Crippen molar-refractivity contribution in [3.63, 3.8) is 0 Å². The van der Waals surface area contributed by atoms with Gasteiger partial charge in [0.1, 0.15) is 18.1 Å². The molecule has 0 aliphatic carbocycles. The fraction of sp³-hybridized carbons (Fsp3) is 0.286. The van der Waals surface area contributed by atoms with Crippen LogP contribution in [-0.2, 0) is 15.0 Å². The van der Waals surface area contributed by atoms with Crippen LogP contribution in [0.3, 0.4) is 0 Å². The molecule has 144 valence electrons. The van der Waals surface area contributed by atoms with E-state index in [9.17, 15) is 0 Å². The third-order valence-electron chi connectivity index (χ3n) is 5.40. The van der Waals surface area contributed by atoms with E-state index in [1.54, 1.807) is 19.2 Å². The third kappa shape index (κ3) is 2.46. The lowest BCUT2D eigenvalue weighted by Gasteiger charge is -2.34. The highest BCUT2D eigenvalue weighted by atomic mass is 19.1. The third-order valence-corrected chi connectivity index (χ3v) is 5.40. The lowest BCUT2D eigenvalue weighted by Crippen LogP contribution is -2.31. The summed E-state index contributed by atoms with van der Waals surface area (Å²) in [5.74, 6) is 0.861. The van der Waals surface area contributed by atoms with Crippen molar-refractivity contribution in [1.82, 2.24) is 0 Å². The van der Waals surface area contributed by atoms with E-state index in [4.69, 9.17) is 24.7 Å². The molecule has 1 atom stereocenters. The second-order valence-corrected chi connectivity index (χ2v) is 6.95. The summed E-state index contributed by atoms with van der Waals surface area (Å²) >= 11 is 0.